The standard InChI is InChI=1S/C15H14N2O7/c1-23-10-5-9-11(12(17(21)22)14(10)24-2)13(18)8(15(19)20)6-16(9)7-3-4-7/h5-7H,3-4H2,1-2H3,(H,19,20). The summed E-state index contributed by atoms with van der Waals surface area (Å²) in [5.41, 5.74) is -1.75. The molecular weight excluding hydrogens is 320 g/mol. The van der Waals surface area contributed by atoms with Gasteiger partial charge in [0, 0.05) is 18.3 Å². The van der Waals surface area contributed by atoms with Crippen LogP contribution in [0.2, 0.25) is 0 Å². The second kappa shape index (κ2) is 5.52. The number of carboxylic acids is 1. The predicted molar refractivity (Wildman–Crippen MR) is 83.2 cm³/mol. The zero-order valence-corrected chi connectivity index (χ0v) is 12.9. The van der Waals surface area contributed by atoms with E-state index in [4.69, 9.17) is 9.47 Å². The molecule has 9 heteroatoms. The van der Waals surface area contributed by atoms with Crippen molar-refractivity contribution >= 4 is 22.6 Å². The van der Waals surface area contributed by atoms with Crippen LogP contribution in [0.5, 0.6) is 11.5 Å². The molecular formula is C15H14N2O7. The van der Waals surface area contributed by atoms with Crippen molar-refractivity contribution < 1.29 is 24.3 Å². The number of ether oxygens (including phenoxy) is 2. The molecule has 1 heterocycles. The van der Waals surface area contributed by atoms with Crippen molar-refractivity contribution in [2.45, 2.75) is 18.9 Å². The Morgan fingerprint density at radius 1 is 1.38 bits per heavy atom. The van der Waals surface area contributed by atoms with Crippen LogP contribution in [0.4, 0.5) is 5.69 Å². The molecule has 0 saturated heterocycles. The fourth-order valence-corrected chi connectivity index (χ4v) is 2.77. The second-order valence-electron chi connectivity index (χ2n) is 5.43. The highest BCUT2D eigenvalue weighted by molar-refractivity contribution is 5.99. The summed E-state index contributed by atoms with van der Waals surface area (Å²) in [6.45, 7) is 0. The lowest BCUT2D eigenvalue weighted by atomic mass is 10.1. The molecule has 3 rings (SSSR count). The maximum Gasteiger partial charge on any atom is 0.341 e. The molecule has 9 nitrogen and oxygen atoms in total. The van der Waals surface area contributed by atoms with E-state index in [1.807, 2.05) is 0 Å². The summed E-state index contributed by atoms with van der Waals surface area (Å²) in [5, 5.41) is 20.5. The Labute approximate surface area is 135 Å². The van der Waals surface area contributed by atoms with Gasteiger partial charge in [-0.05, 0) is 12.8 Å². The zero-order chi connectivity index (χ0) is 17.6. The molecule has 0 unspecified atom stereocenters. The molecule has 1 aromatic heterocycles. The molecule has 1 aliphatic rings. The number of pyridine rings is 1. The lowest BCUT2D eigenvalue weighted by molar-refractivity contribution is -0.384. The number of methoxy groups -OCH3 is 2. The lowest BCUT2D eigenvalue weighted by Gasteiger charge is -2.15. The molecule has 2 aromatic rings. The minimum Gasteiger partial charge on any atom is -0.493 e. The van der Waals surface area contributed by atoms with Gasteiger partial charge in [-0.15, -0.1) is 0 Å². The average Bonchev–Trinajstić information content (AvgIpc) is 3.37. The van der Waals surface area contributed by atoms with Gasteiger partial charge in [0.2, 0.25) is 11.2 Å². The Kier molecular flexibility index (Phi) is 3.63. The molecule has 0 atom stereocenters. The van der Waals surface area contributed by atoms with Gasteiger partial charge in [-0.3, -0.25) is 14.9 Å². The molecule has 1 saturated carbocycles. The SMILES string of the molecule is COc1cc2c(c([N+](=O)[O-])c1OC)c(=O)c(C(=O)O)cn2C1CC1. The van der Waals surface area contributed by atoms with Crippen molar-refractivity contribution in [1.29, 1.82) is 0 Å². The fourth-order valence-electron chi connectivity index (χ4n) is 2.77. The van der Waals surface area contributed by atoms with Gasteiger partial charge in [0.25, 0.3) is 0 Å². The van der Waals surface area contributed by atoms with Crippen molar-refractivity contribution in [2.24, 2.45) is 0 Å². The van der Waals surface area contributed by atoms with E-state index in [1.165, 1.54) is 26.5 Å². The van der Waals surface area contributed by atoms with Crippen molar-refractivity contribution in [1.82, 2.24) is 4.57 Å². The van der Waals surface area contributed by atoms with Crippen LogP contribution in [0, 0.1) is 10.1 Å². The number of carbonyl (C=O) groups is 1. The number of benzene rings is 1. The third-order valence-corrected chi connectivity index (χ3v) is 3.99. The number of aromatic nitrogens is 1. The van der Waals surface area contributed by atoms with Gasteiger partial charge in [-0.25, -0.2) is 4.79 Å². The third-order valence-electron chi connectivity index (χ3n) is 3.99. The number of aromatic carboxylic acids is 1. The van der Waals surface area contributed by atoms with E-state index in [0.29, 0.717) is 0 Å². The van der Waals surface area contributed by atoms with Crippen molar-refractivity contribution in [3.05, 3.63) is 38.2 Å². The molecule has 1 N–H and O–H groups in total. The van der Waals surface area contributed by atoms with Crippen LogP contribution in [-0.2, 0) is 0 Å². The lowest BCUT2D eigenvalue weighted by Crippen LogP contribution is -2.20. The van der Waals surface area contributed by atoms with E-state index >= 15 is 0 Å². The number of rotatable bonds is 5. The van der Waals surface area contributed by atoms with Gasteiger partial charge in [-0.1, -0.05) is 0 Å². The molecule has 24 heavy (non-hydrogen) atoms. The van der Waals surface area contributed by atoms with Crippen LogP contribution >= 0.6 is 0 Å². The second-order valence-corrected chi connectivity index (χ2v) is 5.43. The minimum absolute atomic E-state index is 0.00362. The van der Waals surface area contributed by atoms with E-state index < -0.39 is 27.6 Å². The summed E-state index contributed by atoms with van der Waals surface area (Å²) < 4.78 is 11.8. The highest BCUT2D eigenvalue weighted by Crippen LogP contribution is 2.44. The molecule has 0 bridgehead atoms. The molecule has 126 valence electrons. The molecule has 0 aliphatic heterocycles. The van der Waals surface area contributed by atoms with Crippen LogP contribution in [-0.4, -0.2) is 34.8 Å². The summed E-state index contributed by atoms with van der Waals surface area (Å²) in [4.78, 5) is 34.8. The highest BCUT2D eigenvalue weighted by atomic mass is 16.6. The first-order chi connectivity index (χ1) is 11.4. The molecule has 0 radical (unpaired) electrons. The van der Waals surface area contributed by atoms with E-state index in [-0.39, 0.29) is 28.4 Å². The summed E-state index contributed by atoms with van der Waals surface area (Å²) in [6, 6.07) is 1.47. The Bertz CT molecular complexity index is 928. The fraction of sp³-hybridized carbons (Fsp3) is 0.333. The zero-order valence-electron chi connectivity index (χ0n) is 12.9. The number of hydrogen-bond acceptors (Lipinski definition) is 6. The maximum absolute atomic E-state index is 12.6. The van der Waals surface area contributed by atoms with Crippen LogP contribution in [0.3, 0.4) is 0 Å². The van der Waals surface area contributed by atoms with Crippen LogP contribution in [0.25, 0.3) is 10.9 Å². The van der Waals surface area contributed by atoms with Crippen LogP contribution in [0.15, 0.2) is 17.1 Å². The topological polar surface area (TPSA) is 121 Å². The van der Waals surface area contributed by atoms with Crippen LogP contribution in [0.1, 0.15) is 29.2 Å². The van der Waals surface area contributed by atoms with Gasteiger partial charge in [0.15, 0.2) is 5.75 Å². The number of carboxylic acid groups (broad SMARTS) is 1. The van der Waals surface area contributed by atoms with E-state index in [9.17, 15) is 24.8 Å². The number of nitro groups is 1. The number of hydrogen-bond donors (Lipinski definition) is 1. The summed E-state index contributed by atoms with van der Waals surface area (Å²) >= 11 is 0. The van der Waals surface area contributed by atoms with Gasteiger partial charge >= 0.3 is 11.7 Å². The van der Waals surface area contributed by atoms with E-state index in [2.05, 4.69) is 0 Å². The van der Waals surface area contributed by atoms with Crippen molar-refractivity contribution in [3.63, 3.8) is 0 Å². The summed E-state index contributed by atoms with van der Waals surface area (Å²) in [6.07, 6.45) is 2.85. The average molecular weight is 334 g/mol. The molecule has 0 amide bonds. The normalized spacial score (nSPS) is 13.8. The molecule has 1 aromatic carbocycles. The first-order valence-corrected chi connectivity index (χ1v) is 7.12. The van der Waals surface area contributed by atoms with Gasteiger partial charge in [-0.2, -0.15) is 0 Å². The number of nitro benzene ring substituents is 1. The maximum atomic E-state index is 12.6. The number of nitrogens with zero attached hydrogens (tertiary/aromatic N) is 2. The Morgan fingerprint density at radius 2 is 2.04 bits per heavy atom. The molecule has 1 aliphatic carbocycles. The van der Waals surface area contributed by atoms with E-state index in [0.717, 1.165) is 12.8 Å². The largest absolute Gasteiger partial charge is 0.493 e. The van der Waals surface area contributed by atoms with Crippen molar-refractivity contribution in [3.8, 4) is 11.5 Å². The van der Waals surface area contributed by atoms with E-state index in [1.54, 1.807) is 4.57 Å². The van der Waals surface area contributed by atoms with Crippen LogP contribution < -0.4 is 14.9 Å². The monoisotopic (exact) mass is 334 g/mol. The Hall–Kier alpha value is -3.10. The predicted octanol–water partition coefficient (Wildman–Crippen LogP) is 1.96. The number of fused-ring (bicyclic) bond motifs is 1. The Morgan fingerprint density at radius 3 is 2.50 bits per heavy atom. The molecule has 1 fully saturated rings. The first kappa shape index (κ1) is 15.8. The third kappa shape index (κ3) is 2.25. The van der Waals surface area contributed by atoms with Gasteiger partial charge in [0.1, 0.15) is 10.9 Å². The van der Waals surface area contributed by atoms with Gasteiger partial charge in [0.05, 0.1) is 24.7 Å². The smallest absolute Gasteiger partial charge is 0.341 e. The minimum atomic E-state index is -1.43. The molecule has 0 spiro atoms. The summed E-state index contributed by atoms with van der Waals surface area (Å²) in [7, 11) is 2.55. The summed E-state index contributed by atoms with van der Waals surface area (Å²) in [5.74, 6) is -1.54. The highest BCUT2D eigenvalue weighted by Gasteiger charge is 2.33. The van der Waals surface area contributed by atoms with Crippen molar-refractivity contribution in [2.75, 3.05) is 14.2 Å². The van der Waals surface area contributed by atoms with Gasteiger partial charge < -0.3 is 19.1 Å². The quantitative estimate of drug-likeness (QED) is 0.655. The Balaban J connectivity index is 2.57. The first-order valence-electron chi connectivity index (χ1n) is 7.12.